The average Bonchev–Trinajstić information content (AvgIpc) is 1.52. The fourth-order valence-electron chi connectivity index (χ4n) is 20.2. The molecule has 2 atom stereocenters. The number of hydrogen-bond acceptors (Lipinski definition) is 6. The molecule has 118 heavy (non-hydrogen) atoms. The van der Waals surface area contributed by atoms with E-state index in [4.69, 9.17) is 4.42 Å². The van der Waals surface area contributed by atoms with Crippen molar-refractivity contribution in [3.8, 4) is 66.8 Å². The number of nitrogens with zero attached hydrogens (tertiary/aromatic N) is 2. The van der Waals surface area contributed by atoms with Gasteiger partial charge in [0.2, 0.25) is 0 Å². The zero-order valence-corrected chi connectivity index (χ0v) is 67.3. The Hall–Kier alpha value is -13.7. The quantitative estimate of drug-likeness (QED) is 0.115. The molecule has 3 aliphatic carbocycles. The molecule has 0 N–H and O–H groups in total. The van der Waals surface area contributed by atoms with Crippen LogP contribution in [0, 0.1) is 0 Å². The summed E-state index contributed by atoms with van der Waals surface area (Å²) in [5, 5.41) is 8.68. The summed E-state index contributed by atoms with van der Waals surface area (Å²) in [6.07, 6.45) is 5.80. The molecule has 3 aliphatic rings. The van der Waals surface area contributed by atoms with Crippen molar-refractivity contribution in [2.75, 3.05) is 9.80 Å². The monoisotopic (exact) mass is 1560 g/mol. The highest BCUT2D eigenvalue weighted by Gasteiger charge is 2.47. The second kappa shape index (κ2) is 26.9. The lowest BCUT2D eigenvalue weighted by molar-refractivity contribution is 0.653. The first-order chi connectivity index (χ1) is 58.3. The van der Waals surface area contributed by atoms with Gasteiger partial charge in [0, 0.05) is 107 Å². The zero-order valence-electron chi connectivity index (χ0n) is 64.8. The van der Waals surface area contributed by atoms with Crippen LogP contribution in [0.25, 0.3) is 145 Å². The second-order valence-corrected chi connectivity index (χ2v) is 35.5. The Morgan fingerprint density at radius 1 is 0.297 bits per heavy atom. The summed E-state index contributed by atoms with van der Waals surface area (Å²) in [7, 11) is 0. The lowest BCUT2D eigenvalue weighted by Gasteiger charge is -2.34. The van der Waals surface area contributed by atoms with Crippen molar-refractivity contribution < 1.29 is 4.42 Å². The molecule has 0 bridgehead atoms. The van der Waals surface area contributed by atoms with Gasteiger partial charge in [-0.2, -0.15) is 0 Å². The predicted octanol–water partition coefficient (Wildman–Crippen LogP) is 32.2. The van der Waals surface area contributed by atoms with Gasteiger partial charge in [0.1, 0.15) is 5.58 Å². The number of para-hydroxylation sites is 1. The first-order valence-electron chi connectivity index (χ1n) is 40.8. The van der Waals surface area contributed by atoms with E-state index < -0.39 is 5.41 Å². The van der Waals surface area contributed by atoms with Crippen molar-refractivity contribution in [1.29, 1.82) is 0 Å². The fraction of sp³-hybridized carbons (Fsp3) is 0.0536. The molecule has 21 aromatic rings. The topological polar surface area (TPSA) is 19.6 Å². The van der Waals surface area contributed by atoms with Gasteiger partial charge in [0.25, 0.3) is 0 Å². The van der Waals surface area contributed by atoms with Crippen molar-refractivity contribution in [2.24, 2.45) is 0 Å². The molecule has 4 heterocycles. The van der Waals surface area contributed by atoms with Crippen molar-refractivity contribution in [2.45, 2.75) is 37.0 Å². The molecular formula is C112H74N2OS3. The molecule has 0 aliphatic heterocycles. The standard InChI is InChI=1S/C112H74N2OS3/c1-111(2)95-37-15-12-29-93(95)103-97(111)66-64-88-87-33-20-39-99(105(87)115-106(88)103)113(79-55-44-71(45-56-79)69-22-6-3-7-23-69)80-59-48-75(49-60-80)84-32-19-35-90-86-63-52-76(68-102(86)117-108(84)90)73-42-53-78(54-43-73)112(77-26-10-5-11-27-77)96-38-16-13-30-94(96)104-98(112)67-65-92-91-36-21-40-100(109(91)118-110(92)104)114(81-57-46-72(47-58-81)70-24-8-4-9-25-70)82-61-50-74(51-62-82)83-31-18-34-89-85-28-14-17-41-101(85)116-107(83)89/h3-67,76H,68H2,1-2H3. The van der Waals surface area contributed by atoms with Crippen LogP contribution >= 0.6 is 34.0 Å². The van der Waals surface area contributed by atoms with Gasteiger partial charge in [0.05, 0.1) is 21.5 Å². The van der Waals surface area contributed by atoms with E-state index in [1.165, 1.54) is 167 Å². The van der Waals surface area contributed by atoms with E-state index in [-0.39, 0.29) is 11.3 Å². The molecule has 0 radical (unpaired) electrons. The van der Waals surface area contributed by atoms with E-state index in [2.05, 4.69) is 418 Å². The molecule has 4 aromatic heterocycles. The van der Waals surface area contributed by atoms with Crippen LogP contribution in [0.5, 0.6) is 0 Å². The van der Waals surface area contributed by atoms with Crippen LogP contribution in [0.3, 0.4) is 0 Å². The molecule has 0 fully saturated rings. The number of anilines is 6. The smallest absolute Gasteiger partial charge is 0.159 e. The van der Waals surface area contributed by atoms with Crippen LogP contribution in [-0.4, -0.2) is 0 Å². The molecular weight excluding hydrogens is 1490 g/mol. The molecule has 2 unspecified atom stereocenters. The lowest BCUT2D eigenvalue weighted by atomic mass is 9.67. The highest BCUT2D eigenvalue weighted by Crippen LogP contribution is 2.61. The third-order valence-electron chi connectivity index (χ3n) is 25.8. The van der Waals surface area contributed by atoms with Gasteiger partial charge in [-0.15, -0.1) is 34.0 Å². The SMILES string of the molecule is CC1(C)c2ccccc2-c2c1ccc1c2oc2c(N(c3ccc(-c4ccccc4)cc3)c3ccc(-c4cccc5c6c(sc45)CC(c4ccc(C5(c7ccccc7)c7ccccc7-c7c5ccc5c7sc7c(N(c8ccc(-c9ccccc9)cc8)c8ccc(-c9cccc%10c9sc9ccccc9%10)cc8)cccc75)cc4)C=C6)cc3)cccc21. The molecule has 0 amide bonds. The van der Waals surface area contributed by atoms with E-state index in [9.17, 15) is 0 Å². The summed E-state index contributed by atoms with van der Waals surface area (Å²) < 4.78 is 13.8. The van der Waals surface area contributed by atoms with Crippen molar-refractivity contribution in [3.63, 3.8) is 0 Å². The van der Waals surface area contributed by atoms with E-state index in [0.717, 1.165) is 62.5 Å². The van der Waals surface area contributed by atoms with Crippen LogP contribution in [0.4, 0.5) is 34.1 Å². The van der Waals surface area contributed by atoms with Crippen molar-refractivity contribution in [3.05, 3.63) is 438 Å². The van der Waals surface area contributed by atoms with Gasteiger partial charge in [-0.1, -0.05) is 341 Å². The molecule has 17 aromatic carbocycles. The summed E-state index contributed by atoms with van der Waals surface area (Å²) in [4.78, 5) is 6.29. The molecule has 0 saturated carbocycles. The second-order valence-electron chi connectivity index (χ2n) is 32.4. The largest absolute Gasteiger partial charge is 0.453 e. The number of benzene rings is 17. The lowest BCUT2D eigenvalue weighted by Crippen LogP contribution is -2.28. The van der Waals surface area contributed by atoms with Gasteiger partial charge in [-0.25, -0.2) is 0 Å². The van der Waals surface area contributed by atoms with Crippen LogP contribution < -0.4 is 9.80 Å². The van der Waals surface area contributed by atoms with E-state index in [0.29, 0.717) is 0 Å². The number of furan rings is 1. The zero-order chi connectivity index (χ0) is 77.9. The van der Waals surface area contributed by atoms with Crippen LogP contribution in [0.2, 0.25) is 0 Å². The Kier molecular flexibility index (Phi) is 15.7. The summed E-state index contributed by atoms with van der Waals surface area (Å²) in [5.41, 5.74) is 32.7. The third kappa shape index (κ3) is 10.5. The minimum absolute atomic E-state index is 0.145. The molecule has 556 valence electrons. The Morgan fingerprint density at radius 3 is 1.41 bits per heavy atom. The first kappa shape index (κ1) is 68.7. The molecule has 24 rings (SSSR count). The highest BCUT2D eigenvalue weighted by molar-refractivity contribution is 7.27. The van der Waals surface area contributed by atoms with Gasteiger partial charge >= 0.3 is 0 Å². The Morgan fingerprint density at radius 2 is 0.754 bits per heavy atom. The van der Waals surface area contributed by atoms with Crippen molar-refractivity contribution in [1.82, 2.24) is 0 Å². The van der Waals surface area contributed by atoms with Gasteiger partial charge in [-0.05, 0) is 173 Å². The van der Waals surface area contributed by atoms with E-state index >= 15 is 0 Å². The molecule has 0 saturated heterocycles. The number of thiophene rings is 3. The Balaban J connectivity index is 0.569. The predicted molar refractivity (Wildman–Crippen MR) is 503 cm³/mol. The Labute approximate surface area is 696 Å². The summed E-state index contributed by atoms with van der Waals surface area (Å²) in [6.45, 7) is 4.67. The maximum Gasteiger partial charge on any atom is 0.159 e. The first-order valence-corrected chi connectivity index (χ1v) is 43.3. The summed E-state index contributed by atoms with van der Waals surface area (Å²) in [6, 6.07) is 143. The molecule has 0 spiro atoms. The Bertz CT molecular complexity index is 7640. The van der Waals surface area contributed by atoms with E-state index in [1.807, 2.05) is 34.0 Å². The molecule has 3 nitrogen and oxygen atoms in total. The van der Waals surface area contributed by atoms with Crippen LogP contribution in [-0.2, 0) is 17.3 Å². The van der Waals surface area contributed by atoms with Crippen LogP contribution in [0.15, 0.2) is 393 Å². The number of hydrogen-bond donors (Lipinski definition) is 0. The fourth-order valence-corrected chi connectivity index (χ4v) is 24.2. The van der Waals surface area contributed by atoms with E-state index in [1.54, 1.807) is 0 Å². The normalized spacial score (nSPS) is 15.0. The average molecular weight is 1560 g/mol. The molecule has 6 heteroatoms. The van der Waals surface area contributed by atoms with Crippen molar-refractivity contribution >= 4 is 147 Å². The third-order valence-corrected chi connectivity index (χ3v) is 29.5. The maximum atomic E-state index is 7.31. The summed E-state index contributed by atoms with van der Waals surface area (Å²) in [5.74, 6) is 0.203. The van der Waals surface area contributed by atoms with Gasteiger partial charge in [0.15, 0.2) is 5.58 Å². The highest BCUT2D eigenvalue weighted by atomic mass is 32.1. The number of fused-ring (bicyclic) bond motifs is 20. The minimum Gasteiger partial charge on any atom is -0.453 e. The number of rotatable bonds is 13. The minimum atomic E-state index is -0.593. The maximum absolute atomic E-state index is 7.31. The summed E-state index contributed by atoms with van der Waals surface area (Å²) >= 11 is 5.78. The number of allylic oxidation sites excluding steroid dienone is 1. The van der Waals surface area contributed by atoms with Gasteiger partial charge < -0.3 is 14.2 Å². The van der Waals surface area contributed by atoms with Crippen LogP contribution in [0.1, 0.15) is 69.2 Å². The van der Waals surface area contributed by atoms with Gasteiger partial charge in [-0.3, -0.25) is 0 Å².